The van der Waals surface area contributed by atoms with Gasteiger partial charge in [-0.05, 0) is 43.5 Å². The molecule has 23 heavy (non-hydrogen) atoms. The minimum Gasteiger partial charge on any atom is -0.375 e. The second kappa shape index (κ2) is 6.91. The van der Waals surface area contributed by atoms with E-state index < -0.39 is 5.82 Å². The lowest BCUT2D eigenvalue weighted by molar-refractivity contribution is -0.119. The van der Waals surface area contributed by atoms with Crippen molar-refractivity contribution in [1.82, 2.24) is 4.98 Å². The first-order valence-electron chi connectivity index (χ1n) is 7.81. The number of rotatable bonds is 4. The number of piperidine rings is 1. The molecule has 1 N–H and O–H groups in total. The number of hydrogen-bond acceptors (Lipinski definition) is 4. The molecule has 0 aliphatic carbocycles. The molecule has 3 rings (SSSR count). The predicted molar refractivity (Wildman–Crippen MR) is 88.3 cm³/mol. The van der Waals surface area contributed by atoms with Crippen molar-refractivity contribution in [2.75, 3.05) is 37.0 Å². The third kappa shape index (κ3) is 3.59. The van der Waals surface area contributed by atoms with Gasteiger partial charge < -0.3 is 15.0 Å². The molecule has 0 radical (unpaired) electrons. The molecule has 1 aliphatic rings. The molecule has 0 unspecified atom stereocenters. The molecule has 1 amide bonds. The van der Waals surface area contributed by atoms with Crippen molar-refractivity contribution in [2.45, 2.75) is 19.3 Å². The number of fused-ring (bicyclic) bond motifs is 1. The van der Waals surface area contributed by atoms with Crippen LogP contribution in [0.15, 0.2) is 24.3 Å². The first-order valence-corrected chi connectivity index (χ1v) is 7.81. The van der Waals surface area contributed by atoms with E-state index in [2.05, 4.69) is 15.2 Å². The van der Waals surface area contributed by atoms with Crippen LogP contribution in [0.4, 0.5) is 15.9 Å². The first-order chi connectivity index (χ1) is 11.2. The highest BCUT2D eigenvalue weighted by Crippen LogP contribution is 2.25. The predicted octanol–water partition coefficient (Wildman–Crippen LogP) is 2.95. The van der Waals surface area contributed by atoms with E-state index in [0.29, 0.717) is 16.6 Å². The fourth-order valence-corrected chi connectivity index (χ4v) is 2.88. The van der Waals surface area contributed by atoms with E-state index >= 15 is 0 Å². The van der Waals surface area contributed by atoms with Crippen molar-refractivity contribution in [1.29, 1.82) is 0 Å². The number of anilines is 2. The summed E-state index contributed by atoms with van der Waals surface area (Å²) in [7, 11) is 1.44. The zero-order valence-corrected chi connectivity index (χ0v) is 13.1. The Morgan fingerprint density at radius 1 is 1.30 bits per heavy atom. The maximum Gasteiger partial charge on any atom is 0.250 e. The summed E-state index contributed by atoms with van der Waals surface area (Å²) >= 11 is 0. The Morgan fingerprint density at radius 3 is 2.83 bits per heavy atom. The molecule has 6 heteroatoms. The Kier molecular flexibility index (Phi) is 4.71. The molecule has 1 aromatic carbocycles. The van der Waals surface area contributed by atoms with Crippen molar-refractivity contribution < 1.29 is 13.9 Å². The van der Waals surface area contributed by atoms with Crippen molar-refractivity contribution in [2.24, 2.45) is 0 Å². The summed E-state index contributed by atoms with van der Waals surface area (Å²) < 4.78 is 19.1. The van der Waals surface area contributed by atoms with Crippen LogP contribution in [0.5, 0.6) is 0 Å². The van der Waals surface area contributed by atoms with Crippen LogP contribution in [0.1, 0.15) is 19.3 Å². The average molecular weight is 317 g/mol. The Bertz CT molecular complexity index is 714. The van der Waals surface area contributed by atoms with Crippen LogP contribution in [0.2, 0.25) is 0 Å². The fraction of sp³-hybridized carbons (Fsp3) is 0.412. The molecule has 2 aromatic rings. The van der Waals surface area contributed by atoms with Gasteiger partial charge in [0.2, 0.25) is 5.91 Å². The zero-order valence-electron chi connectivity index (χ0n) is 13.1. The van der Waals surface area contributed by atoms with Gasteiger partial charge in [0.05, 0.1) is 0 Å². The summed E-state index contributed by atoms with van der Waals surface area (Å²) in [6, 6.07) is 6.77. The highest BCUT2D eigenvalue weighted by Gasteiger charge is 2.14. The zero-order chi connectivity index (χ0) is 16.2. The number of benzene rings is 1. The summed E-state index contributed by atoms with van der Waals surface area (Å²) in [5.74, 6) is 0.0606. The van der Waals surface area contributed by atoms with Gasteiger partial charge >= 0.3 is 0 Å². The van der Waals surface area contributed by atoms with E-state index in [-0.39, 0.29) is 12.5 Å². The summed E-state index contributed by atoms with van der Waals surface area (Å²) in [5.41, 5.74) is 0.738. The van der Waals surface area contributed by atoms with E-state index in [1.54, 1.807) is 6.07 Å². The number of nitrogens with one attached hydrogen (secondary N) is 1. The van der Waals surface area contributed by atoms with Crippen LogP contribution in [0.25, 0.3) is 10.9 Å². The highest BCUT2D eigenvalue weighted by atomic mass is 19.1. The molecule has 1 aromatic heterocycles. The Balaban J connectivity index is 1.88. The second-order valence-electron chi connectivity index (χ2n) is 5.73. The number of amides is 1. The van der Waals surface area contributed by atoms with Gasteiger partial charge in [-0.15, -0.1) is 0 Å². The quantitative estimate of drug-likeness (QED) is 0.942. The molecule has 122 valence electrons. The van der Waals surface area contributed by atoms with Crippen LogP contribution < -0.4 is 10.2 Å². The van der Waals surface area contributed by atoms with Gasteiger partial charge in [-0.2, -0.15) is 0 Å². The molecule has 0 saturated carbocycles. The van der Waals surface area contributed by atoms with Gasteiger partial charge in [0.1, 0.15) is 17.9 Å². The summed E-state index contributed by atoms with van der Waals surface area (Å²) in [6.07, 6.45) is 3.53. The third-order valence-corrected chi connectivity index (χ3v) is 3.97. The van der Waals surface area contributed by atoms with Crippen molar-refractivity contribution in [3.05, 3.63) is 30.1 Å². The Morgan fingerprint density at radius 2 is 2.09 bits per heavy atom. The van der Waals surface area contributed by atoms with Crippen LogP contribution in [-0.4, -0.2) is 37.7 Å². The topological polar surface area (TPSA) is 54.5 Å². The Labute approximate surface area is 134 Å². The molecular formula is C17H20FN3O2. The van der Waals surface area contributed by atoms with Gasteiger partial charge in [0.15, 0.2) is 5.82 Å². The van der Waals surface area contributed by atoms with Crippen molar-refractivity contribution in [3.63, 3.8) is 0 Å². The standard InChI is InChI=1S/C17H20FN3O2/c1-23-11-16(22)19-13-9-12-5-6-15(20-17(12)14(18)10-13)21-7-3-2-4-8-21/h5-6,9-10H,2-4,7-8,11H2,1H3,(H,19,22). The number of pyridine rings is 1. The number of methoxy groups -OCH3 is 1. The monoisotopic (exact) mass is 317 g/mol. The van der Waals surface area contributed by atoms with Crippen LogP contribution in [-0.2, 0) is 9.53 Å². The first kappa shape index (κ1) is 15.7. The van der Waals surface area contributed by atoms with Crippen LogP contribution >= 0.6 is 0 Å². The Hall–Kier alpha value is -2.21. The minimum absolute atomic E-state index is 0.0637. The van der Waals surface area contributed by atoms with Gasteiger partial charge in [-0.3, -0.25) is 4.79 Å². The summed E-state index contributed by atoms with van der Waals surface area (Å²) in [6.45, 7) is 1.86. The SMILES string of the molecule is COCC(=O)Nc1cc(F)c2nc(N3CCCCC3)ccc2c1. The highest BCUT2D eigenvalue weighted by molar-refractivity contribution is 5.94. The molecule has 2 heterocycles. The van der Waals surface area contributed by atoms with E-state index in [9.17, 15) is 9.18 Å². The maximum atomic E-state index is 14.4. The van der Waals surface area contributed by atoms with Gasteiger partial charge in [-0.1, -0.05) is 0 Å². The van der Waals surface area contributed by atoms with E-state index in [1.165, 1.54) is 19.6 Å². The van der Waals surface area contributed by atoms with E-state index in [1.807, 2.05) is 12.1 Å². The third-order valence-electron chi connectivity index (χ3n) is 3.97. The summed E-state index contributed by atoms with van der Waals surface area (Å²) in [4.78, 5) is 18.2. The average Bonchev–Trinajstić information content (AvgIpc) is 2.55. The lowest BCUT2D eigenvalue weighted by Gasteiger charge is -2.27. The number of ether oxygens (including phenoxy) is 1. The van der Waals surface area contributed by atoms with Crippen LogP contribution in [0.3, 0.4) is 0 Å². The molecule has 0 atom stereocenters. The lowest BCUT2D eigenvalue weighted by atomic mass is 10.1. The van der Waals surface area contributed by atoms with Crippen molar-refractivity contribution in [3.8, 4) is 0 Å². The smallest absolute Gasteiger partial charge is 0.250 e. The minimum atomic E-state index is -0.436. The largest absolute Gasteiger partial charge is 0.375 e. The maximum absolute atomic E-state index is 14.4. The number of halogens is 1. The fourth-order valence-electron chi connectivity index (χ4n) is 2.88. The van der Waals surface area contributed by atoms with Gasteiger partial charge in [-0.25, -0.2) is 9.37 Å². The lowest BCUT2D eigenvalue weighted by Crippen LogP contribution is -2.30. The van der Waals surface area contributed by atoms with Crippen molar-refractivity contribution >= 4 is 28.3 Å². The second-order valence-corrected chi connectivity index (χ2v) is 5.73. The summed E-state index contributed by atoms with van der Waals surface area (Å²) in [5, 5.41) is 3.28. The molecule has 1 fully saturated rings. The molecule has 1 aliphatic heterocycles. The number of nitrogens with zero attached hydrogens (tertiary/aromatic N) is 2. The number of carbonyl (C=O) groups excluding carboxylic acids is 1. The van der Waals surface area contributed by atoms with Crippen LogP contribution in [0, 0.1) is 5.82 Å². The number of hydrogen-bond donors (Lipinski definition) is 1. The molecule has 1 saturated heterocycles. The number of carbonyl (C=O) groups is 1. The molecule has 0 spiro atoms. The van der Waals surface area contributed by atoms with Gasteiger partial charge in [0, 0.05) is 31.3 Å². The molecular weight excluding hydrogens is 297 g/mol. The number of aromatic nitrogens is 1. The molecule has 5 nitrogen and oxygen atoms in total. The van der Waals surface area contributed by atoms with E-state index in [0.717, 1.165) is 31.7 Å². The van der Waals surface area contributed by atoms with E-state index in [4.69, 9.17) is 4.74 Å². The normalized spacial score (nSPS) is 15.0. The van der Waals surface area contributed by atoms with Gasteiger partial charge in [0.25, 0.3) is 0 Å². The molecule has 0 bridgehead atoms.